The number of aromatic amines is 1. The van der Waals surface area contributed by atoms with Crippen LogP contribution in [0.3, 0.4) is 0 Å². The van der Waals surface area contributed by atoms with E-state index >= 15 is 0 Å². The van der Waals surface area contributed by atoms with Gasteiger partial charge in [-0.25, -0.2) is 4.79 Å². The summed E-state index contributed by atoms with van der Waals surface area (Å²) in [5.41, 5.74) is -0.523. The van der Waals surface area contributed by atoms with Crippen molar-refractivity contribution in [3.8, 4) is 5.75 Å². The average Bonchev–Trinajstić information content (AvgIpc) is 2.89. The van der Waals surface area contributed by atoms with Gasteiger partial charge in [0.05, 0.1) is 31.6 Å². The third kappa shape index (κ3) is 4.13. The average molecular weight is 269 g/mol. The van der Waals surface area contributed by atoms with Gasteiger partial charge >= 0.3 is 6.09 Å². The van der Waals surface area contributed by atoms with E-state index in [9.17, 15) is 4.79 Å². The summed E-state index contributed by atoms with van der Waals surface area (Å²) in [5.74, 6) is 0.617. The molecule has 0 bridgehead atoms. The van der Waals surface area contributed by atoms with E-state index in [1.165, 1.54) is 0 Å². The van der Waals surface area contributed by atoms with Crippen molar-refractivity contribution in [3.05, 3.63) is 12.4 Å². The van der Waals surface area contributed by atoms with E-state index in [-0.39, 0.29) is 12.1 Å². The van der Waals surface area contributed by atoms with Gasteiger partial charge in [0.15, 0.2) is 5.75 Å². The molecule has 19 heavy (non-hydrogen) atoms. The normalized spacial score (nSPS) is 23.1. The second-order valence-corrected chi connectivity index (χ2v) is 5.38. The first kappa shape index (κ1) is 13.7. The maximum atomic E-state index is 11.7. The topological polar surface area (TPSA) is 85.5 Å². The van der Waals surface area contributed by atoms with Crippen LogP contribution in [0.4, 0.5) is 4.79 Å². The summed E-state index contributed by atoms with van der Waals surface area (Å²) in [5, 5.41) is 9.21. The molecule has 106 valence electrons. The van der Waals surface area contributed by atoms with Crippen LogP contribution in [-0.4, -0.2) is 47.3 Å². The van der Waals surface area contributed by atoms with E-state index in [4.69, 9.17) is 14.2 Å². The van der Waals surface area contributed by atoms with Gasteiger partial charge in [0.2, 0.25) is 0 Å². The van der Waals surface area contributed by atoms with Crippen LogP contribution in [0.25, 0.3) is 0 Å². The molecule has 2 atom stereocenters. The fourth-order valence-electron chi connectivity index (χ4n) is 1.72. The summed E-state index contributed by atoms with van der Waals surface area (Å²) in [6.45, 7) is 6.28. The van der Waals surface area contributed by atoms with Gasteiger partial charge in [-0.3, -0.25) is 5.10 Å². The molecule has 0 aromatic carbocycles. The smallest absolute Gasteiger partial charge is 0.408 e. The zero-order chi connectivity index (χ0) is 13.9. The number of aromatic nitrogens is 2. The standard InChI is InChI=1S/C12H19N3O4/c1-12(2,3)19-11(16)15-9-6-17-7-10(9)18-8-4-13-14-5-8/h4-5,9-10H,6-7H2,1-3H3,(H,13,14)(H,15,16)/t9-,10+/m0/s1. The molecule has 1 aliphatic heterocycles. The molecule has 1 aromatic heterocycles. The largest absolute Gasteiger partial charge is 0.482 e. The number of nitrogens with zero attached hydrogens (tertiary/aromatic N) is 1. The highest BCUT2D eigenvalue weighted by atomic mass is 16.6. The van der Waals surface area contributed by atoms with Gasteiger partial charge < -0.3 is 19.5 Å². The highest BCUT2D eigenvalue weighted by Gasteiger charge is 2.32. The van der Waals surface area contributed by atoms with Crippen molar-refractivity contribution in [2.75, 3.05) is 13.2 Å². The molecule has 0 radical (unpaired) electrons. The van der Waals surface area contributed by atoms with Crippen molar-refractivity contribution >= 4 is 6.09 Å². The lowest BCUT2D eigenvalue weighted by Crippen LogP contribution is -2.46. The SMILES string of the molecule is CC(C)(C)OC(=O)N[C@H]1COC[C@H]1Oc1cn[nH]c1. The number of carbonyl (C=O) groups is 1. The van der Waals surface area contributed by atoms with Gasteiger partial charge in [-0.15, -0.1) is 0 Å². The monoisotopic (exact) mass is 269 g/mol. The van der Waals surface area contributed by atoms with Gasteiger partial charge in [0.1, 0.15) is 11.7 Å². The number of ether oxygens (including phenoxy) is 3. The van der Waals surface area contributed by atoms with Crippen LogP contribution < -0.4 is 10.1 Å². The lowest BCUT2D eigenvalue weighted by Gasteiger charge is -2.23. The van der Waals surface area contributed by atoms with Gasteiger partial charge in [-0.05, 0) is 20.8 Å². The van der Waals surface area contributed by atoms with Crippen molar-refractivity contribution in [1.82, 2.24) is 15.5 Å². The number of carbonyl (C=O) groups excluding carboxylic acids is 1. The third-order valence-corrected chi connectivity index (χ3v) is 2.49. The molecular formula is C12H19N3O4. The highest BCUT2D eigenvalue weighted by molar-refractivity contribution is 5.68. The molecule has 2 N–H and O–H groups in total. The van der Waals surface area contributed by atoms with E-state index in [1.54, 1.807) is 12.4 Å². The number of rotatable bonds is 3. The Kier molecular flexibility index (Phi) is 3.94. The molecule has 7 nitrogen and oxygen atoms in total. The first-order valence-corrected chi connectivity index (χ1v) is 6.17. The number of nitrogens with one attached hydrogen (secondary N) is 2. The molecule has 1 aromatic rings. The van der Waals surface area contributed by atoms with Crippen molar-refractivity contribution in [2.45, 2.75) is 38.5 Å². The molecule has 1 amide bonds. The lowest BCUT2D eigenvalue weighted by atomic mass is 10.2. The molecular weight excluding hydrogens is 250 g/mol. The summed E-state index contributed by atoms with van der Waals surface area (Å²) >= 11 is 0. The number of hydrogen-bond donors (Lipinski definition) is 2. The van der Waals surface area contributed by atoms with Crippen molar-refractivity contribution in [1.29, 1.82) is 0 Å². The Labute approximate surface area is 111 Å². The van der Waals surface area contributed by atoms with Crippen LogP contribution in [0, 0.1) is 0 Å². The van der Waals surface area contributed by atoms with Crippen molar-refractivity contribution in [3.63, 3.8) is 0 Å². The summed E-state index contributed by atoms with van der Waals surface area (Å²) in [7, 11) is 0. The van der Waals surface area contributed by atoms with Gasteiger partial charge in [0, 0.05) is 0 Å². The second-order valence-electron chi connectivity index (χ2n) is 5.38. The van der Waals surface area contributed by atoms with Crippen LogP contribution >= 0.6 is 0 Å². The summed E-state index contributed by atoms with van der Waals surface area (Å²) in [6.07, 6.45) is 2.50. The highest BCUT2D eigenvalue weighted by Crippen LogP contribution is 2.16. The minimum absolute atomic E-state index is 0.232. The first-order chi connectivity index (χ1) is 8.94. The number of hydrogen-bond acceptors (Lipinski definition) is 5. The predicted molar refractivity (Wildman–Crippen MR) is 67.0 cm³/mol. The van der Waals surface area contributed by atoms with Crippen molar-refractivity contribution in [2.24, 2.45) is 0 Å². The van der Waals surface area contributed by atoms with Gasteiger partial charge in [0.25, 0.3) is 0 Å². The minimum Gasteiger partial charge on any atom is -0.482 e. The Morgan fingerprint density at radius 1 is 1.53 bits per heavy atom. The number of amides is 1. The zero-order valence-corrected chi connectivity index (χ0v) is 11.3. The van der Waals surface area contributed by atoms with E-state index in [1.807, 2.05) is 20.8 Å². The second kappa shape index (κ2) is 5.48. The molecule has 2 rings (SSSR count). The summed E-state index contributed by atoms with van der Waals surface area (Å²) in [6, 6.07) is -0.232. The zero-order valence-electron chi connectivity index (χ0n) is 11.3. The molecule has 0 spiro atoms. The number of alkyl carbamates (subject to hydrolysis) is 1. The molecule has 0 saturated carbocycles. The molecule has 1 aliphatic rings. The molecule has 0 unspecified atom stereocenters. The van der Waals surface area contributed by atoms with Gasteiger partial charge in [-0.1, -0.05) is 0 Å². The maximum Gasteiger partial charge on any atom is 0.408 e. The minimum atomic E-state index is -0.523. The predicted octanol–water partition coefficient (Wildman–Crippen LogP) is 1.08. The Morgan fingerprint density at radius 2 is 2.32 bits per heavy atom. The van der Waals surface area contributed by atoms with Crippen LogP contribution in [-0.2, 0) is 9.47 Å². The van der Waals surface area contributed by atoms with Crippen LogP contribution in [0.2, 0.25) is 0 Å². The fraction of sp³-hybridized carbons (Fsp3) is 0.667. The van der Waals surface area contributed by atoms with Crippen LogP contribution in [0.1, 0.15) is 20.8 Å². The van der Waals surface area contributed by atoms with E-state index < -0.39 is 11.7 Å². The first-order valence-electron chi connectivity index (χ1n) is 6.17. The summed E-state index contributed by atoms with van der Waals surface area (Å²) < 4.78 is 16.2. The molecule has 7 heteroatoms. The number of H-pyrrole nitrogens is 1. The third-order valence-electron chi connectivity index (χ3n) is 2.49. The van der Waals surface area contributed by atoms with Crippen molar-refractivity contribution < 1.29 is 19.0 Å². The van der Waals surface area contributed by atoms with E-state index in [0.29, 0.717) is 19.0 Å². The molecule has 2 heterocycles. The Balaban J connectivity index is 1.87. The Morgan fingerprint density at radius 3 is 2.95 bits per heavy atom. The maximum absolute atomic E-state index is 11.7. The van der Waals surface area contributed by atoms with Gasteiger partial charge in [-0.2, -0.15) is 5.10 Å². The molecule has 1 saturated heterocycles. The quantitative estimate of drug-likeness (QED) is 0.857. The molecule has 1 fully saturated rings. The fourth-order valence-corrected chi connectivity index (χ4v) is 1.72. The van der Waals surface area contributed by atoms with E-state index in [0.717, 1.165) is 0 Å². The Bertz CT molecular complexity index is 413. The lowest BCUT2D eigenvalue weighted by molar-refractivity contribution is 0.0472. The Hall–Kier alpha value is -1.76. The van der Waals surface area contributed by atoms with Crippen LogP contribution in [0.5, 0.6) is 5.75 Å². The van der Waals surface area contributed by atoms with Crippen LogP contribution in [0.15, 0.2) is 12.4 Å². The molecule has 0 aliphatic carbocycles. The van der Waals surface area contributed by atoms with E-state index in [2.05, 4.69) is 15.5 Å². The summed E-state index contributed by atoms with van der Waals surface area (Å²) in [4.78, 5) is 11.7.